The maximum absolute atomic E-state index is 12.4. The molecule has 0 radical (unpaired) electrons. The first-order valence-electron chi connectivity index (χ1n) is 2.89. The molecule has 0 saturated carbocycles. The van der Waals surface area contributed by atoms with Crippen molar-refractivity contribution >= 4 is 5.97 Å². The molecule has 2 nitrogen and oxygen atoms in total. The van der Waals surface area contributed by atoms with Crippen molar-refractivity contribution in [2.75, 3.05) is 0 Å². The fourth-order valence-corrected chi connectivity index (χ4v) is 0.915. The number of carboxylic acid groups (broad SMARTS) is 1. The Morgan fingerprint density at radius 3 is 2.50 bits per heavy atom. The highest BCUT2D eigenvalue weighted by Gasteiger charge is 2.29. The van der Waals surface area contributed by atoms with Crippen LogP contribution in [0, 0.1) is 0 Å². The molecule has 1 N–H and O–H groups in total. The normalized spacial score (nSPS) is 25.6. The van der Waals surface area contributed by atoms with Crippen molar-refractivity contribution < 1.29 is 18.7 Å². The number of carboxylic acids is 1. The molecule has 4 heteroatoms. The van der Waals surface area contributed by atoms with Crippen molar-refractivity contribution in [3.63, 3.8) is 0 Å². The highest BCUT2D eigenvalue weighted by Crippen LogP contribution is 2.29. The van der Waals surface area contributed by atoms with Gasteiger partial charge in [0, 0.05) is 0 Å². The number of allylic oxidation sites excluding steroid dienone is 1. The van der Waals surface area contributed by atoms with Crippen molar-refractivity contribution in [3.8, 4) is 0 Å². The Morgan fingerprint density at radius 1 is 1.70 bits per heavy atom. The predicted molar refractivity (Wildman–Crippen MR) is 29.9 cm³/mol. The minimum Gasteiger partial charge on any atom is -0.478 e. The van der Waals surface area contributed by atoms with Gasteiger partial charge in [-0.2, -0.15) is 0 Å². The summed E-state index contributed by atoms with van der Waals surface area (Å²) in [6.07, 6.45) is -1.72. The number of hydrogen-bond acceptors (Lipinski definition) is 1. The molecule has 1 rings (SSSR count). The number of halogens is 2. The monoisotopic (exact) mass is 148 g/mol. The van der Waals surface area contributed by atoms with Crippen molar-refractivity contribution in [1.82, 2.24) is 0 Å². The fourth-order valence-electron chi connectivity index (χ4n) is 0.915. The number of hydrogen-bond donors (Lipinski definition) is 1. The van der Waals surface area contributed by atoms with Crippen molar-refractivity contribution in [1.29, 1.82) is 0 Å². The molecule has 0 aliphatic heterocycles. The topological polar surface area (TPSA) is 37.3 Å². The summed E-state index contributed by atoms with van der Waals surface area (Å²) in [7, 11) is 0. The molecule has 0 heterocycles. The molecule has 0 aromatic rings. The van der Waals surface area contributed by atoms with Crippen LogP contribution in [-0.4, -0.2) is 17.2 Å². The molecular formula is C6H6F2O2. The molecule has 0 spiro atoms. The number of alkyl halides is 1. The molecular weight excluding hydrogens is 142 g/mol. The Balaban J connectivity index is 2.85. The van der Waals surface area contributed by atoms with Crippen LogP contribution in [-0.2, 0) is 4.79 Å². The van der Waals surface area contributed by atoms with Crippen molar-refractivity contribution in [3.05, 3.63) is 11.4 Å². The average molecular weight is 148 g/mol. The van der Waals surface area contributed by atoms with Gasteiger partial charge in [0.2, 0.25) is 0 Å². The van der Waals surface area contributed by atoms with Crippen LogP contribution in [0.3, 0.4) is 0 Å². The van der Waals surface area contributed by atoms with E-state index in [1.807, 2.05) is 0 Å². The smallest absolute Gasteiger partial charge is 0.334 e. The van der Waals surface area contributed by atoms with E-state index in [1.165, 1.54) is 0 Å². The summed E-state index contributed by atoms with van der Waals surface area (Å²) in [5.41, 5.74) is -0.410. The van der Waals surface area contributed by atoms with Gasteiger partial charge in [-0.05, 0) is 12.8 Å². The molecule has 10 heavy (non-hydrogen) atoms. The van der Waals surface area contributed by atoms with Crippen LogP contribution < -0.4 is 0 Å². The van der Waals surface area contributed by atoms with Crippen molar-refractivity contribution in [2.24, 2.45) is 0 Å². The lowest BCUT2D eigenvalue weighted by molar-refractivity contribution is -0.132. The van der Waals surface area contributed by atoms with Crippen LogP contribution >= 0.6 is 0 Å². The van der Waals surface area contributed by atoms with Crippen LogP contribution in [0.1, 0.15) is 12.8 Å². The minimum atomic E-state index is -1.69. The van der Waals surface area contributed by atoms with E-state index >= 15 is 0 Å². The lowest BCUT2D eigenvalue weighted by Gasteiger charge is -1.92. The van der Waals surface area contributed by atoms with E-state index in [2.05, 4.69) is 0 Å². The third-order valence-electron chi connectivity index (χ3n) is 1.47. The Labute approximate surface area is 56.2 Å². The first-order chi connectivity index (χ1) is 4.63. The molecule has 1 aliphatic rings. The second kappa shape index (κ2) is 2.36. The zero-order valence-corrected chi connectivity index (χ0v) is 5.10. The first kappa shape index (κ1) is 7.18. The van der Waals surface area contributed by atoms with E-state index in [0.29, 0.717) is 0 Å². The van der Waals surface area contributed by atoms with E-state index in [9.17, 15) is 13.6 Å². The molecule has 56 valence electrons. The lowest BCUT2D eigenvalue weighted by atomic mass is 10.2. The van der Waals surface area contributed by atoms with E-state index in [1.54, 1.807) is 0 Å². The third-order valence-corrected chi connectivity index (χ3v) is 1.47. The second-order valence-electron chi connectivity index (χ2n) is 2.14. The standard InChI is InChI=1S/C6H6F2O2/c7-4-2-1-3(5(4)8)6(9)10/h4H,1-2H2,(H,9,10). The second-order valence-corrected chi connectivity index (χ2v) is 2.14. The van der Waals surface area contributed by atoms with E-state index < -0.39 is 23.5 Å². The molecule has 0 aromatic carbocycles. The zero-order chi connectivity index (χ0) is 7.72. The average Bonchev–Trinajstić information content (AvgIpc) is 2.14. The zero-order valence-electron chi connectivity index (χ0n) is 5.10. The molecule has 0 saturated heterocycles. The van der Waals surface area contributed by atoms with Crippen LogP contribution in [0.5, 0.6) is 0 Å². The van der Waals surface area contributed by atoms with Crippen LogP contribution in [0.4, 0.5) is 8.78 Å². The van der Waals surface area contributed by atoms with Gasteiger partial charge < -0.3 is 5.11 Å². The number of aliphatic carboxylic acids is 1. The van der Waals surface area contributed by atoms with Gasteiger partial charge in [-0.1, -0.05) is 0 Å². The first-order valence-corrected chi connectivity index (χ1v) is 2.89. The fraction of sp³-hybridized carbons (Fsp3) is 0.500. The minimum absolute atomic E-state index is 0.00231. The molecule has 1 unspecified atom stereocenters. The molecule has 0 aromatic heterocycles. The molecule has 1 aliphatic carbocycles. The highest BCUT2D eigenvalue weighted by atomic mass is 19.2. The summed E-state index contributed by atoms with van der Waals surface area (Å²) in [6, 6.07) is 0. The summed E-state index contributed by atoms with van der Waals surface area (Å²) in [6.45, 7) is 0. The summed E-state index contributed by atoms with van der Waals surface area (Å²) < 4.78 is 24.6. The summed E-state index contributed by atoms with van der Waals surface area (Å²) in [5, 5.41) is 8.24. The third kappa shape index (κ3) is 1.01. The van der Waals surface area contributed by atoms with Crippen LogP contribution in [0.15, 0.2) is 11.4 Å². The van der Waals surface area contributed by atoms with Gasteiger partial charge in [0.1, 0.15) is 5.83 Å². The van der Waals surface area contributed by atoms with E-state index in [-0.39, 0.29) is 12.8 Å². The van der Waals surface area contributed by atoms with Gasteiger partial charge in [-0.25, -0.2) is 13.6 Å². The largest absolute Gasteiger partial charge is 0.478 e. The number of carbonyl (C=O) groups is 1. The van der Waals surface area contributed by atoms with Crippen molar-refractivity contribution in [2.45, 2.75) is 19.0 Å². The van der Waals surface area contributed by atoms with Gasteiger partial charge in [-0.3, -0.25) is 0 Å². The maximum atomic E-state index is 12.4. The Morgan fingerprint density at radius 2 is 2.30 bits per heavy atom. The quantitative estimate of drug-likeness (QED) is 0.610. The Kier molecular flexibility index (Phi) is 1.70. The number of rotatable bonds is 1. The Bertz CT molecular complexity index is 198. The summed E-state index contributed by atoms with van der Waals surface area (Å²) in [5.74, 6) is -2.45. The maximum Gasteiger partial charge on any atom is 0.334 e. The van der Waals surface area contributed by atoms with E-state index in [4.69, 9.17) is 5.11 Å². The van der Waals surface area contributed by atoms with Crippen LogP contribution in [0.25, 0.3) is 0 Å². The van der Waals surface area contributed by atoms with Gasteiger partial charge in [-0.15, -0.1) is 0 Å². The van der Waals surface area contributed by atoms with Crippen LogP contribution in [0.2, 0.25) is 0 Å². The van der Waals surface area contributed by atoms with Gasteiger partial charge in [0.05, 0.1) is 5.57 Å². The highest BCUT2D eigenvalue weighted by molar-refractivity contribution is 5.87. The van der Waals surface area contributed by atoms with E-state index in [0.717, 1.165) is 0 Å². The summed E-state index contributed by atoms with van der Waals surface area (Å²) in [4.78, 5) is 10.1. The summed E-state index contributed by atoms with van der Waals surface area (Å²) >= 11 is 0. The molecule has 0 amide bonds. The molecule has 0 fully saturated rings. The predicted octanol–water partition coefficient (Wildman–Crippen LogP) is 1.43. The molecule has 0 bridgehead atoms. The van der Waals surface area contributed by atoms with Gasteiger partial charge >= 0.3 is 5.97 Å². The van der Waals surface area contributed by atoms with Gasteiger partial charge in [0.25, 0.3) is 0 Å². The SMILES string of the molecule is O=C(O)C1=C(F)C(F)CC1. The lowest BCUT2D eigenvalue weighted by Crippen LogP contribution is -1.99. The van der Waals surface area contributed by atoms with Gasteiger partial charge in [0.15, 0.2) is 6.17 Å². The molecule has 1 atom stereocenters. The Hall–Kier alpha value is -0.930.